The average molecular weight is 861 g/mol. The molecule has 0 rings (SSSR count). The molecule has 0 aliphatic carbocycles. The first kappa shape index (κ1) is 59.6. The predicted octanol–water partition coefficient (Wildman–Crippen LogP) is 14.0. The van der Waals surface area contributed by atoms with E-state index in [9.17, 15) is 4.79 Å². The number of nitrogens with zero attached hydrogens (tertiary/aromatic N) is 1. The van der Waals surface area contributed by atoms with Gasteiger partial charge in [-0.3, -0.25) is 4.40 Å². The van der Waals surface area contributed by atoms with Gasteiger partial charge in [0.1, 0.15) is 6.29 Å². The number of hydrogen-bond acceptors (Lipinski definition) is 4. The molecule has 0 aromatic heterocycles. The Morgan fingerprint density at radius 2 is 1.11 bits per heavy atom. The second kappa shape index (κ2) is 65.8. The molecule has 0 fully saturated rings. The minimum atomic E-state index is 0. The Morgan fingerprint density at radius 3 is 1.36 bits per heavy atom. The van der Waals surface area contributed by atoms with Gasteiger partial charge in [0.15, 0.2) is 0 Å². The van der Waals surface area contributed by atoms with Crippen molar-refractivity contribution in [2.24, 2.45) is 4.40 Å². The molecule has 0 heterocycles. The predicted molar refractivity (Wildman–Crippen MR) is 207 cm³/mol. The van der Waals surface area contributed by atoms with Crippen molar-refractivity contribution in [2.75, 3.05) is 0 Å². The van der Waals surface area contributed by atoms with Crippen LogP contribution in [0.4, 0.5) is 0 Å². The largest absolute Gasteiger partial charge is 2.00 e. The summed E-state index contributed by atoms with van der Waals surface area (Å²) in [6, 6.07) is 0. The normalized spacial score (nSPS) is 10.0. The van der Waals surface area contributed by atoms with E-state index in [-0.39, 0.29) is 31.1 Å². The van der Waals surface area contributed by atoms with Crippen molar-refractivity contribution in [1.82, 2.24) is 0 Å². The van der Waals surface area contributed by atoms with Gasteiger partial charge >= 0.3 is 31.1 Å². The van der Waals surface area contributed by atoms with Crippen molar-refractivity contribution >= 4 is 38.9 Å². The van der Waals surface area contributed by atoms with E-state index < -0.39 is 0 Å². The van der Waals surface area contributed by atoms with E-state index in [0.717, 1.165) is 50.4 Å². The van der Waals surface area contributed by atoms with E-state index in [1.165, 1.54) is 96.3 Å². The summed E-state index contributed by atoms with van der Waals surface area (Å²) in [6.45, 7) is 24.2. The molecule has 0 aliphatic heterocycles. The van der Waals surface area contributed by atoms with Crippen molar-refractivity contribution in [3.63, 3.8) is 0 Å². The Balaban J connectivity index is -0.0000000881. The molecule has 0 bridgehead atoms. The standard InChI is InChI=1S/C16H32O.C9H15N2S.C6H13.C3H7B.2C2H6.U/c1-2-3-4-5-6-7-8-9-10-11-12-13-14-15-16-17;1-3-5-6-8(4-2)9(7-10)11-12;1-3-5-6-4-2;1-3(2)4;2*1-2;/h16H,2-15H2,1H3;6,10,12H,3-5H2,1-2H3;1,3-6H2,2H3;3H,1-2H3;2*1-2H3;/q;2*-1;;;;+2/b;8-6+,11-9+;;;;;. The zero-order chi connectivity index (χ0) is 34.4. The Bertz CT molecular complexity index is 522. The Labute approximate surface area is 311 Å². The summed E-state index contributed by atoms with van der Waals surface area (Å²) in [5.74, 6) is 0.333. The summed E-state index contributed by atoms with van der Waals surface area (Å²) < 4.78 is 3.67. The summed E-state index contributed by atoms with van der Waals surface area (Å²) in [5.41, 5.74) is 1.61. The maximum Gasteiger partial charge on any atom is 2.00 e. The molecule has 0 saturated carbocycles. The SMILES string of the molecule is CC.CC.CCC/C=C(CC)/C([C-]=N)=N/S.CCCCCCCCCCCCCCCC=O.[B]C(C)C.[CH2-]CCCCC.[U+2]. The molecular weight excluding hydrogens is 781 g/mol. The van der Waals surface area contributed by atoms with Gasteiger partial charge in [0, 0.05) is 6.42 Å². The molecule has 0 aromatic carbocycles. The van der Waals surface area contributed by atoms with Crippen molar-refractivity contribution in [2.45, 2.75) is 210 Å². The van der Waals surface area contributed by atoms with Crippen LogP contribution in [0.25, 0.3) is 0 Å². The number of unbranched alkanes of at least 4 members (excludes halogenated alkanes) is 17. The van der Waals surface area contributed by atoms with Crippen molar-refractivity contribution < 1.29 is 35.9 Å². The van der Waals surface area contributed by atoms with Gasteiger partial charge in [-0.15, -0.1) is 6.21 Å². The fourth-order valence-corrected chi connectivity index (χ4v) is 3.75. The Morgan fingerprint density at radius 1 is 0.750 bits per heavy atom. The smallest absolute Gasteiger partial charge is 0.410 e. The molecule has 0 atom stereocenters. The molecule has 2 radical (unpaired) electrons. The molecule has 0 aliphatic rings. The molecule has 3 nitrogen and oxygen atoms in total. The summed E-state index contributed by atoms with van der Waals surface area (Å²) in [4.78, 5) is 10.1. The van der Waals surface area contributed by atoms with Crippen LogP contribution in [0.3, 0.4) is 0 Å². The third-order valence-electron chi connectivity index (χ3n) is 5.86. The van der Waals surface area contributed by atoms with E-state index >= 15 is 0 Å². The van der Waals surface area contributed by atoms with Gasteiger partial charge in [-0.05, 0) is 19.2 Å². The molecule has 44 heavy (non-hydrogen) atoms. The zero-order valence-electron chi connectivity index (χ0n) is 31.7. The molecule has 0 aromatic rings. The van der Waals surface area contributed by atoms with E-state index in [4.69, 9.17) is 13.3 Å². The number of rotatable bonds is 22. The number of nitrogens with one attached hydrogen (secondary N) is 1. The number of aldehydes is 1. The molecule has 0 unspecified atom stereocenters. The quantitative estimate of drug-likeness (QED) is 0.0280. The minimum Gasteiger partial charge on any atom is -0.410 e. The van der Waals surface area contributed by atoms with E-state index in [2.05, 4.69) is 57.2 Å². The van der Waals surface area contributed by atoms with Gasteiger partial charge in [0.05, 0.1) is 7.85 Å². The van der Waals surface area contributed by atoms with Gasteiger partial charge in [0.2, 0.25) is 0 Å². The van der Waals surface area contributed by atoms with Gasteiger partial charge in [-0.1, -0.05) is 196 Å². The number of thiol groups is 1. The van der Waals surface area contributed by atoms with E-state index in [1.807, 2.05) is 48.5 Å². The van der Waals surface area contributed by atoms with Crippen LogP contribution in [-0.4, -0.2) is 26.1 Å². The van der Waals surface area contributed by atoms with E-state index in [0.29, 0.717) is 11.5 Å². The number of carbonyl (C=O) groups is 1. The molecular formula is C38H79BN2OSU. The Kier molecular flexibility index (Phi) is 89.1. The van der Waals surface area contributed by atoms with Gasteiger partial charge in [0.25, 0.3) is 0 Å². The summed E-state index contributed by atoms with van der Waals surface area (Å²) in [5, 5.41) is 6.96. The molecule has 0 saturated heterocycles. The van der Waals surface area contributed by atoms with Crippen LogP contribution in [0.15, 0.2) is 16.0 Å². The summed E-state index contributed by atoms with van der Waals surface area (Å²) in [6.07, 6.45) is 32.1. The van der Waals surface area contributed by atoms with Gasteiger partial charge in [-0.25, -0.2) is 0 Å². The van der Waals surface area contributed by atoms with Crippen LogP contribution in [-0.2, 0) is 4.79 Å². The second-order valence-corrected chi connectivity index (χ2v) is 10.6. The first-order valence-electron chi connectivity index (χ1n) is 18.2. The van der Waals surface area contributed by atoms with Crippen LogP contribution in [0, 0.1) is 43.4 Å². The molecule has 6 heteroatoms. The van der Waals surface area contributed by atoms with Crippen molar-refractivity contribution in [3.8, 4) is 0 Å². The van der Waals surface area contributed by atoms with Crippen molar-refractivity contribution in [1.29, 1.82) is 5.41 Å². The van der Waals surface area contributed by atoms with Crippen LogP contribution < -0.4 is 0 Å². The number of carbonyl (C=O) groups excluding carboxylic acids is 1. The van der Waals surface area contributed by atoms with E-state index in [1.54, 1.807) is 0 Å². The van der Waals surface area contributed by atoms with Crippen LogP contribution in [0.1, 0.15) is 204 Å². The second-order valence-electron chi connectivity index (χ2n) is 10.4. The molecule has 0 amide bonds. The minimum absolute atomic E-state index is 0. The summed E-state index contributed by atoms with van der Waals surface area (Å²) in [7, 11) is 5.11. The third kappa shape index (κ3) is 73.6. The first-order valence-corrected chi connectivity index (χ1v) is 18.6. The van der Waals surface area contributed by atoms with Gasteiger partial charge < -0.3 is 17.1 Å². The van der Waals surface area contributed by atoms with Crippen LogP contribution in [0.2, 0.25) is 5.82 Å². The average Bonchev–Trinajstić information content (AvgIpc) is 3.03. The molecule has 260 valence electrons. The maximum atomic E-state index is 10.1. The van der Waals surface area contributed by atoms with Gasteiger partial charge in [-0.2, -0.15) is 18.1 Å². The number of hydrogen-bond donors (Lipinski definition) is 2. The number of allylic oxidation sites excluding steroid dienone is 2. The maximum absolute atomic E-state index is 10.1. The van der Waals surface area contributed by atoms with Crippen molar-refractivity contribution in [3.05, 3.63) is 18.6 Å². The molecule has 0 spiro atoms. The third-order valence-corrected chi connectivity index (χ3v) is 6.06. The monoisotopic (exact) mass is 861 g/mol. The Hall–Kier alpha value is 0.217. The molecule has 1 N–H and O–H groups in total. The van der Waals surface area contributed by atoms with Crippen LogP contribution in [0.5, 0.6) is 0 Å². The topological polar surface area (TPSA) is 53.3 Å². The van der Waals surface area contributed by atoms with Crippen LogP contribution >= 0.6 is 12.8 Å². The first-order chi connectivity index (χ1) is 20.9. The zero-order valence-corrected chi connectivity index (χ0v) is 36.7. The fraction of sp³-hybridized carbons (Fsp3) is 0.842. The summed E-state index contributed by atoms with van der Waals surface area (Å²) >= 11 is 3.78. The fourth-order valence-electron chi connectivity index (χ4n) is 3.57.